The molecule has 0 amide bonds. The summed E-state index contributed by atoms with van der Waals surface area (Å²) in [6.45, 7) is 6.00. The molecule has 1 fully saturated rings. The zero-order valence-electron chi connectivity index (χ0n) is 11.7. The van der Waals surface area contributed by atoms with E-state index in [1.165, 1.54) is 0 Å². The maximum Gasteiger partial charge on any atom is 0.434 e. The number of aromatic nitrogens is 1. The van der Waals surface area contributed by atoms with Crippen LogP contribution in [0.25, 0.3) is 0 Å². The second-order valence-corrected chi connectivity index (χ2v) is 6.25. The van der Waals surface area contributed by atoms with E-state index in [-0.39, 0.29) is 12.6 Å². The van der Waals surface area contributed by atoms with E-state index >= 15 is 0 Å². The van der Waals surface area contributed by atoms with Gasteiger partial charge in [-0.3, -0.25) is 4.90 Å². The van der Waals surface area contributed by atoms with Gasteiger partial charge >= 0.3 is 6.18 Å². The highest BCUT2D eigenvalue weighted by Gasteiger charge is 2.37. The fraction of sp³-hybridized carbons (Fsp3) is 0.769. The van der Waals surface area contributed by atoms with Crippen molar-refractivity contribution in [3.8, 4) is 0 Å². The number of likely N-dealkylation sites (N-methyl/N-ethyl adjacent to an activating group) is 1. The first kappa shape index (κ1) is 15.7. The number of ether oxygens (including phenoxy) is 1. The Hall–Kier alpha value is -0.660. The SMILES string of the molecule is CCN(Cc1sc(C)nc1C(F)(F)F)CC1CCCO1. The van der Waals surface area contributed by atoms with E-state index < -0.39 is 11.9 Å². The van der Waals surface area contributed by atoms with Gasteiger partial charge in [0.25, 0.3) is 0 Å². The van der Waals surface area contributed by atoms with Gasteiger partial charge in [0.15, 0.2) is 5.69 Å². The van der Waals surface area contributed by atoms with Crippen LogP contribution in [-0.2, 0) is 17.5 Å². The lowest BCUT2D eigenvalue weighted by Crippen LogP contribution is -2.32. The molecule has 1 saturated heterocycles. The van der Waals surface area contributed by atoms with Crippen LogP contribution in [0.2, 0.25) is 0 Å². The van der Waals surface area contributed by atoms with E-state index in [1.54, 1.807) is 6.92 Å². The molecule has 2 heterocycles. The molecule has 0 bridgehead atoms. The summed E-state index contributed by atoms with van der Waals surface area (Å²) in [7, 11) is 0. The molecule has 0 N–H and O–H groups in total. The molecule has 1 aromatic rings. The topological polar surface area (TPSA) is 25.4 Å². The number of aryl methyl sites for hydroxylation is 1. The van der Waals surface area contributed by atoms with Crippen LogP contribution < -0.4 is 0 Å². The minimum atomic E-state index is -4.37. The lowest BCUT2D eigenvalue weighted by molar-refractivity contribution is -0.141. The molecule has 1 unspecified atom stereocenters. The maximum atomic E-state index is 12.9. The van der Waals surface area contributed by atoms with Crippen LogP contribution in [0.3, 0.4) is 0 Å². The summed E-state index contributed by atoms with van der Waals surface area (Å²) in [5, 5.41) is 0.459. The highest BCUT2D eigenvalue weighted by Crippen LogP contribution is 2.35. The van der Waals surface area contributed by atoms with E-state index in [1.807, 2.05) is 11.8 Å². The average Bonchev–Trinajstić information content (AvgIpc) is 2.97. The molecule has 1 aliphatic rings. The zero-order chi connectivity index (χ0) is 14.8. The normalized spacial score (nSPS) is 20.0. The number of rotatable bonds is 5. The molecular weight excluding hydrogens is 289 g/mol. The number of alkyl halides is 3. The summed E-state index contributed by atoms with van der Waals surface area (Å²) in [6, 6.07) is 0. The van der Waals surface area contributed by atoms with Crippen molar-refractivity contribution in [3.05, 3.63) is 15.6 Å². The van der Waals surface area contributed by atoms with Gasteiger partial charge in [-0.25, -0.2) is 4.98 Å². The second-order valence-electron chi connectivity index (χ2n) is 4.97. The number of hydrogen-bond donors (Lipinski definition) is 0. The summed E-state index contributed by atoms with van der Waals surface area (Å²) in [5.74, 6) is 0. The van der Waals surface area contributed by atoms with E-state index in [0.717, 1.165) is 30.8 Å². The van der Waals surface area contributed by atoms with Crippen LogP contribution in [0.5, 0.6) is 0 Å². The maximum absolute atomic E-state index is 12.9. The number of halogens is 3. The van der Waals surface area contributed by atoms with Gasteiger partial charge in [0.05, 0.1) is 16.0 Å². The Balaban J connectivity index is 2.06. The molecule has 114 valence electrons. The van der Waals surface area contributed by atoms with Gasteiger partial charge in [0, 0.05) is 19.7 Å². The molecule has 2 rings (SSSR count). The van der Waals surface area contributed by atoms with Crippen molar-refractivity contribution in [2.45, 2.75) is 45.5 Å². The molecule has 1 aliphatic heterocycles. The minimum Gasteiger partial charge on any atom is -0.377 e. The molecule has 0 saturated carbocycles. The third kappa shape index (κ3) is 3.93. The van der Waals surface area contributed by atoms with E-state index in [2.05, 4.69) is 4.98 Å². The number of hydrogen-bond acceptors (Lipinski definition) is 4. The third-order valence-corrected chi connectivity index (χ3v) is 4.33. The first-order valence-electron chi connectivity index (χ1n) is 6.77. The monoisotopic (exact) mass is 308 g/mol. The standard InChI is InChI=1S/C13H19F3N2OS/c1-3-18(7-10-5-4-6-19-10)8-11-12(13(14,15)16)17-9(2)20-11/h10H,3-8H2,1-2H3. The molecule has 0 aliphatic carbocycles. The highest BCUT2D eigenvalue weighted by molar-refractivity contribution is 7.11. The number of nitrogens with zero attached hydrogens (tertiary/aromatic N) is 2. The summed E-state index contributed by atoms with van der Waals surface area (Å²) >= 11 is 1.13. The lowest BCUT2D eigenvalue weighted by atomic mass is 10.2. The van der Waals surface area contributed by atoms with Crippen molar-refractivity contribution in [1.29, 1.82) is 0 Å². The van der Waals surface area contributed by atoms with Crippen LogP contribution in [-0.4, -0.2) is 35.7 Å². The van der Waals surface area contributed by atoms with Crippen molar-refractivity contribution in [3.63, 3.8) is 0 Å². The zero-order valence-corrected chi connectivity index (χ0v) is 12.5. The molecule has 1 atom stereocenters. The van der Waals surface area contributed by atoms with Gasteiger partial charge in [0.1, 0.15) is 0 Å². The predicted molar refractivity (Wildman–Crippen MR) is 71.8 cm³/mol. The number of thiazole rings is 1. The Kier molecular flexibility index (Phi) is 5.04. The molecule has 7 heteroatoms. The summed E-state index contributed by atoms with van der Waals surface area (Å²) < 4.78 is 44.3. The van der Waals surface area contributed by atoms with E-state index in [0.29, 0.717) is 23.0 Å². The fourth-order valence-corrected chi connectivity index (χ4v) is 3.38. The van der Waals surface area contributed by atoms with E-state index in [4.69, 9.17) is 4.74 Å². The first-order valence-corrected chi connectivity index (χ1v) is 7.59. The van der Waals surface area contributed by atoms with Crippen LogP contribution in [0.4, 0.5) is 13.2 Å². The van der Waals surface area contributed by atoms with E-state index in [9.17, 15) is 13.2 Å². The average molecular weight is 308 g/mol. The summed E-state index contributed by atoms with van der Waals surface area (Å²) in [4.78, 5) is 5.94. The Morgan fingerprint density at radius 1 is 1.45 bits per heavy atom. The van der Waals surface area contributed by atoms with Gasteiger partial charge in [-0.2, -0.15) is 13.2 Å². The van der Waals surface area contributed by atoms with Crippen molar-refractivity contribution in [1.82, 2.24) is 9.88 Å². The van der Waals surface area contributed by atoms with Crippen molar-refractivity contribution < 1.29 is 17.9 Å². The fourth-order valence-electron chi connectivity index (χ4n) is 2.38. The smallest absolute Gasteiger partial charge is 0.377 e. The molecule has 20 heavy (non-hydrogen) atoms. The van der Waals surface area contributed by atoms with Crippen molar-refractivity contribution in [2.24, 2.45) is 0 Å². The summed E-state index contributed by atoms with van der Waals surface area (Å²) in [5.41, 5.74) is -0.731. The van der Waals surface area contributed by atoms with Crippen LogP contribution in [0.15, 0.2) is 0 Å². The largest absolute Gasteiger partial charge is 0.434 e. The second kappa shape index (κ2) is 6.41. The third-order valence-electron chi connectivity index (χ3n) is 3.37. The van der Waals surface area contributed by atoms with Crippen LogP contribution >= 0.6 is 11.3 Å². The predicted octanol–water partition coefficient (Wildman–Crippen LogP) is 3.47. The van der Waals surface area contributed by atoms with Gasteiger partial charge in [-0.05, 0) is 26.3 Å². The van der Waals surface area contributed by atoms with Crippen LogP contribution in [0.1, 0.15) is 35.3 Å². The van der Waals surface area contributed by atoms with Gasteiger partial charge in [0.2, 0.25) is 0 Å². The van der Waals surface area contributed by atoms with Crippen molar-refractivity contribution >= 4 is 11.3 Å². The van der Waals surface area contributed by atoms with Gasteiger partial charge < -0.3 is 4.74 Å². The minimum absolute atomic E-state index is 0.151. The Morgan fingerprint density at radius 3 is 2.75 bits per heavy atom. The molecule has 0 aromatic carbocycles. The Labute approximate surface area is 120 Å². The Morgan fingerprint density at radius 2 is 2.20 bits per heavy atom. The molecule has 0 radical (unpaired) electrons. The molecule has 3 nitrogen and oxygen atoms in total. The quantitative estimate of drug-likeness (QED) is 0.833. The molecule has 0 spiro atoms. The van der Waals surface area contributed by atoms with Gasteiger partial charge in [-0.15, -0.1) is 11.3 Å². The van der Waals surface area contributed by atoms with Crippen LogP contribution in [0, 0.1) is 6.92 Å². The molecular formula is C13H19F3N2OS. The molecule has 1 aromatic heterocycles. The van der Waals surface area contributed by atoms with Crippen molar-refractivity contribution in [2.75, 3.05) is 19.7 Å². The lowest BCUT2D eigenvalue weighted by Gasteiger charge is -2.23. The highest BCUT2D eigenvalue weighted by atomic mass is 32.1. The first-order chi connectivity index (χ1) is 9.40. The summed E-state index contributed by atoms with van der Waals surface area (Å²) in [6.07, 6.45) is -2.19. The van der Waals surface area contributed by atoms with Gasteiger partial charge in [-0.1, -0.05) is 6.92 Å². The Bertz CT molecular complexity index is 441.